The second-order valence-corrected chi connectivity index (χ2v) is 8.76. The van der Waals surface area contributed by atoms with Crippen molar-refractivity contribution in [1.29, 1.82) is 0 Å². The molecule has 31 heavy (non-hydrogen) atoms. The first kappa shape index (κ1) is 25.3. The van der Waals surface area contributed by atoms with Crippen molar-refractivity contribution in [2.75, 3.05) is 18.9 Å². The highest BCUT2D eigenvalue weighted by Crippen LogP contribution is 2.42. The Bertz CT molecular complexity index is 897. The Labute approximate surface area is 196 Å². The average Bonchev–Trinajstić information content (AvgIpc) is 2.76. The number of aromatic hydroxyl groups is 1. The van der Waals surface area contributed by atoms with Crippen LogP contribution in [0.3, 0.4) is 0 Å². The molecule has 2 rings (SSSR count). The van der Waals surface area contributed by atoms with E-state index >= 15 is 0 Å². The number of carbonyl (C=O) groups is 2. The van der Waals surface area contributed by atoms with E-state index in [0.717, 1.165) is 23.7 Å². The summed E-state index contributed by atoms with van der Waals surface area (Å²) < 4.78 is 5.55. The number of hydrogen-bond acceptors (Lipinski definition) is 6. The van der Waals surface area contributed by atoms with Gasteiger partial charge >= 0.3 is 0 Å². The summed E-state index contributed by atoms with van der Waals surface area (Å²) in [6, 6.07) is 9.88. The van der Waals surface area contributed by atoms with Crippen LogP contribution in [-0.2, 0) is 11.2 Å². The lowest BCUT2D eigenvalue weighted by Crippen LogP contribution is -2.41. The van der Waals surface area contributed by atoms with Gasteiger partial charge in [0.05, 0.1) is 17.2 Å². The van der Waals surface area contributed by atoms with Crippen molar-refractivity contribution < 1.29 is 19.4 Å². The van der Waals surface area contributed by atoms with Crippen molar-refractivity contribution in [3.05, 3.63) is 57.6 Å². The summed E-state index contributed by atoms with van der Waals surface area (Å²) in [6.45, 7) is 2.72. The predicted octanol–water partition coefficient (Wildman–Crippen LogP) is 4.44. The number of nitrogens with one attached hydrogen (secondary N) is 1. The highest BCUT2D eigenvalue weighted by Gasteiger charge is 2.26. The summed E-state index contributed by atoms with van der Waals surface area (Å²) in [5.41, 5.74) is 6.23. The van der Waals surface area contributed by atoms with Crippen LogP contribution in [0.15, 0.2) is 36.4 Å². The van der Waals surface area contributed by atoms with Crippen molar-refractivity contribution in [1.82, 2.24) is 5.32 Å². The van der Waals surface area contributed by atoms with Crippen molar-refractivity contribution in [2.45, 2.75) is 32.2 Å². The second-order valence-electron chi connectivity index (χ2n) is 6.71. The van der Waals surface area contributed by atoms with E-state index in [1.807, 2.05) is 37.3 Å². The van der Waals surface area contributed by atoms with Crippen LogP contribution in [0.25, 0.3) is 0 Å². The minimum absolute atomic E-state index is 0.0922. The minimum Gasteiger partial charge on any atom is -0.505 e. The van der Waals surface area contributed by atoms with Gasteiger partial charge in [0.15, 0.2) is 11.5 Å². The molecule has 0 spiro atoms. The summed E-state index contributed by atoms with van der Waals surface area (Å²) in [7, 11) is 0. The number of amides is 1. The van der Waals surface area contributed by atoms with E-state index in [-0.39, 0.29) is 26.5 Å². The summed E-state index contributed by atoms with van der Waals surface area (Å²) in [5, 5.41) is 12.9. The molecule has 2 aromatic carbocycles. The molecule has 1 amide bonds. The highest BCUT2D eigenvalue weighted by molar-refractivity contribution is 8.13. The van der Waals surface area contributed by atoms with Gasteiger partial charge < -0.3 is 20.9 Å². The summed E-state index contributed by atoms with van der Waals surface area (Å²) in [4.78, 5) is 25.4. The van der Waals surface area contributed by atoms with E-state index in [4.69, 9.17) is 33.7 Å². The molecule has 0 saturated carbocycles. The van der Waals surface area contributed by atoms with Gasteiger partial charge in [-0.2, -0.15) is 0 Å². The van der Waals surface area contributed by atoms with Gasteiger partial charge in [0, 0.05) is 6.42 Å². The first-order valence-corrected chi connectivity index (χ1v) is 11.7. The van der Waals surface area contributed by atoms with E-state index in [2.05, 4.69) is 5.32 Å². The molecule has 0 radical (unpaired) electrons. The van der Waals surface area contributed by atoms with Gasteiger partial charge in [-0.25, -0.2) is 0 Å². The van der Waals surface area contributed by atoms with Crippen LogP contribution >= 0.6 is 35.0 Å². The Kier molecular flexibility index (Phi) is 10.5. The van der Waals surface area contributed by atoms with Gasteiger partial charge in [-0.1, -0.05) is 72.2 Å². The molecule has 4 N–H and O–H groups in total. The highest BCUT2D eigenvalue weighted by atomic mass is 35.5. The first-order chi connectivity index (χ1) is 14.9. The molecule has 0 aliphatic carbocycles. The fourth-order valence-electron chi connectivity index (χ4n) is 2.84. The molecule has 6 nitrogen and oxygen atoms in total. The third kappa shape index (κ3) is 7.31. The molecule has 0 aliphatic rings. The number of halogens is 2. The molecule has 0 bridgehead atoms. The lowest BCUT2D eigenvalue weighted by Gasteiger charge is -2.19. The molecular weight excluding hydrogens is 459 g/mol. The molecule has 168 valence electrons. The Balaban J connectivity index is 2.21. The van der Waals surface area contributed by atoms with Gasteiger partial charge in [-0.3, -0.25) is 9.59 Å². The molecule has 1 atom stereocenters. The van der Waals surface area contributed by atoms with Crippen LogP contribution < -0.4 is 15.8 Å². The van der Waals surface area contributed by atoms with Crippen LogP contribution in [0.5, 0.6) is 11.5 Å². The lowest BCUT2D eigenvalue weighted by molar-refractivity contribution is -0.112. The molecule has 0 aliphatic heterocycles. The van der Waals surface area contributed by atoms with Crippen LogP contribution in [0.4, 0.5) is 0 Å². The van der Waals surface area contributed by atoms with E-state index in [1.165, 1.54) is 6.07 Å². The standard InChI is InChI=1S/C22H26Cl2N2O4S/c1-2-31-22(29)17(12-14-8-4-3-5-9-14)26-21(28)15-13-16(23)20(18(24)19(15)27)30-11-7-6-10-25/h3-5,8-9,13,17,27H,2,6-7,10-12,25H2,1H3,(H,26,28)/t17-/m1/s1. The quantitative estimate of drug-likeness (QED) is 0.407. The Hall–Kier alpha value is -1.93. The zero-order valence-electron chi connectivity index (χ0n) is 17.2. The topological polar surface area (TPSA) is 102 Å². The number of phenols is 1. The number of unbranched alkanes of at least 4 members (excludes halogenated alkanes) is 1. The van der Waals surface area contributed by atoms with Crippen molar-refractivity contribution >= 4 is 46.0 Å². The summed E-state index contributed by atoms with van der Waals surface area (Å²) >= 11 is 13.6. The van der Waals surface area contributed by atoms with Crippen LogP contribution in [0.1, 0.15) is 35.7 Å². The smallest absolute Gasteiger partial charge is 0.255 e. The predicted molar refractivity (Wildman–Crippen MR) is 126 cm³/mol. The number of rotatable bonds is 11. The summed E-state index contributed by atoms with van der Waals surface area (Å²) in [5.74, 6) is -0.416. The van der Waals surface area contributed by atoms with Crippen molar-refractivity contribution in [3.63, 3.8) is 0 Å². The molecule has 0 fully saturated rings. The Morgan fingerprint density at radius 3 is 2.58 bits per heavy atom. The Morgan fingerprint density at radius 1 is 1.23 bits per heavy atom. The fourth-order valence-corrected chi connectivity index (χ4v) is 4.03. The van der Waals surface area contributed by atoms with Gasteiger partial charge in [-0.05, 0) is 36.8 Å². The van der Waals surface area contributed by atoms with Crippen LogP contribution in [-0.4, -0.2) is 41.1 Å². The van der Waals surface area contributed by atoms with Crippen molar-refractivity contribution in [3.8, 4) is 11.5 Å². The fraction of sp³-hybridized carbons (Fsp3) is 0.364. The van der Waals surface area contributed by atoms with Crippen molar-refractivity contribution in [2.24, 2.45) is 5.73 Å². The zero-order valence-corrected chi connectivity index (χ0v) is 19.5. The molecule has 0 heterocycles. The molecule has 0 aromatic heterocycles. The van der Waals surface area contributed by atoms with Gasteiger partial charge in [0.25, 0.3) is 5.91 Å². The SMILES string of the molecule is CCSC(=O)[C@@H](Cc1ccccc1)NC(=O)c1cc(Cl)c(OCCCCN)c(Cl)c1O. The second kappa shape index (κ2) is 12.8. The van der Waals surface area contributed by atoms with Crippen LogP contribution in [0.2, 0.25) is 10.0 Å². The van der Waals surface area contributed by atoms with Crippen LogP contribution in [0, 0.1) is 0 Å². The number of thioether (sulfide) groups is 1. The van der Waals surface area contributed by atoms with E-state index in [0.29, 0.717) is 31.7 Å². The maximum atomic E-state index is 12.9. The normalized spacial score (nSPS) is 11.7. The number of ether oxygens (including phenoxy) is 1. The first-order valence-electron chi connectivity index (χ1n) is 9.94. The maximum Gasteiger partial charge on any atom is 0.255 e. The lowest BCUT2D eigenvalue weighted by atomic mass is 10.1. The average molecular weight is 485 g/mol. The number of carbonyl (C=O) groups excluding carboxylic acids is 2. The Morgan fingerprint density at radius 2 is 1.94 bits per heavy atom. The number of nitrogens with two attached hydrogens (primary N) is 1. The van der Waals surface area contributed by atoms with Gasteiger partial charge in [0.1, 0.15) is 11.1 Å². The molecule has 0 saturated heterocycles. The third-order valence-corrected chi connectivity index (χ3v) is 5.89. The summed E-state index contributed by atoms with van der Waals surface area (Å²) in [6.07, 6.45) is 1.79. The largest absolute Gasteiger partial charge is 0.505 e. The molecule has 9 heteroatoms. The monoisotopic (exact) mass is 484 g/mol. The molecular formula is C22H26Cl2N2O4S. The number of hydrogen-bond donors (Lipinski definition) is 3. The van der Waals surface area contributed by atoms with E-state index in [9.17, 15) is 14.7 Å². The zero-order chi connectivity index (χ0) is 22.8. The third-order valence-electron chi connectivity index (χ3n) is 4.40. The maximum absolute atomic E-state index is 12.9. The van der Waals surface area contributed by atoms with Gasteiger partial charge in [0.2, 0.25) is 5.12 Å². The van der Waals surface area contributed by atoms with E-state index < -0.39 is 17.7 Å². The van der Waals surface area contributed by atoms with Gasteiger partial charge in [-0.15, -0.1) is 0 Å². The molecule has 0 unspecified atom stereocenters. The number of benzene rings is 2. The van der Waals surface area contributed by atoms with E-state index in [1.54, 1.807) is 0 Å². The minimum atomic E-state index is -0.774. The molecule has 2 aromatic rings. The number of phenolic OH excluding ortho intramolecular Hbond substituents is 1.